The van der Waals surface area contributed by atoms with Gasteiger partial charge in [0, 0.05) is 35.0 Å². The molecular formula is C37H27F8NO. The molecular weight excluding hydrogens is 626 g/mol. The zero-order valence-electron chi connectivity index (χ0n) is 24.9. The molecule has 0 aliphatic heterocycles. The smallest absolute Gasteiger partial charge is 0.419 e. The van der Waals surface area contributed by atoms with E-state index < -0.39 is 57.9 Å². The lowest BCUT2D eigenvalue weighted by molar-refractivity contribution is -0.131. The molecule has 5 rings (SSSR count). The molecule has 0 radical (unpaired) electrons. The van der Waals surface area contributed by atoms with E-state index in [1.54, 1.807) is 24.3 Å². The Kier molecular flexibility index (Phi) is 10.1. The maximum absolute atomic E-state index is 14.9. The minimum absolute atomic E-state index is 0.0988. The van der Waals surface area contributed by atoms with Crippen molar-refractivity contribution in [3.63, 3.8) is 0 Å². The molecule has 1 aromatic heterocycles. The molecule has 1 heterocycles. The topological polar surface area (TPSA) is 22.1 Å². The lowest BCUT2D eigenvalue weighted by Gasteiger charge is -2.15. The summed E-state index contributed by atoms with van der Waals surface area (Å²) in [6, 6.07) is 16.2. The second-order valence-corrected chi connectivity index (χ2v) is 10.8. The monoisotopic (exact) mass is 653 g/mol. The van der Waals surface area contributed by atoms with Gasteiger partial charge in [-0.1, -0.05) is 50.1 Å². The number of benzene rings is 4. The predicted octanol–water partition coefficient (Wildman–Crippen LogP) is 11.3. The Morgan fingerprint density at radius 3 is 1.89 bits per heavy atom. The van der Waals surface area contributed by atoms with E-state index in [1.807, 2.05) is 18.3 Å². The molecule has 10 heteroatoms. The van der Waals surface area contributed by atoms with Crippen LogP contribution in [0.2, 0.25) is 0 Å². The summed E-state index contributed by atoms with van der Waals surface area (Å²) < 4.78 is 118. The van der Waals surface area contributed by atoms with Gasteiger partial charge in [0.2, 0.25) is 0 Å². The molecule has 0 atom stereocenters. The van der Waals surface area contributed by atoms with E-state index in [2.05, 4.69) is 16.6 Å². The van der Waals surface area contributed by atoms with Crippen LogP contribution in [-0.2, 0) is 6.42 Å². The average molecular weight is 654 g/mol. The first-order valence-electron chi connectivity index (χ1n) is 14.7. The standard InChI is InChI=1S/C37H27F8NO/c1-2-3-4-5-22-6-13-35(46-21-22)24-9-7-23(8-10-24)25-16-30(38)29(31(39)17-25)14-15-37(44,45)47-27-11-12-28(32(40)20-27)26-18-33(41)36(43)34(42)19-26/h6-21H,2-5H2,1H3. The maximum Gasteiger partial charge on any atom is 0.419 e. The zero-order valence-corrected chi connectivity index (χ0v) is 24.9. The van der Waals surface area contributed by atoms with Crippen LogP contribution in [0.4, 0.5) is 35.1 Å². The number of ether oxygens (including phenoxy) is 1. The van der Waals surface area contributed by atoms with Gasteiger partial charge in [-0.25, -0.2) is 26.3 Å². The summed E-state index contributed by atoms with van der Waals surface area (Å²) in [5.74, 6) is -8.97. The van der Waals surface area contributed by atoms with Gasteiger partial charge in [0.25, 0.3) is 0 Å². The Bertz CT molecular complexity index is 1860. The summed E-state index contributed by atoms with van der Waals surface area (Å²) >= 11 is 0. The first-order valence-corrected chi connectivity index (χ1v) is 14.7. The van der Waals surface area contributed by atoms with Crippen LogP contribution in [0.25, 0.3) is 39.6 Å². The molecule has 0 spiro atoms. The fraction of sp³-hybridized carbons (Fsp3) is 0.162. The summed E-state index contributed by atoms with van der Waals surface area (Å²) in [6.45, 7) is 2.14. The van der Waals surface area contributed by atoms with Gasteiger partial charge in [-0.15, -0.1) is 0 Å². The number of alkyl halides is 2. The molecule has 0 aliphatic rings. The third kappa shape index (κ3) is 8.06. The maximum atomic E-state index is 14.9. The first kappa shape index (κ1) is 33.4. The number of aromatic nitrogens is 1. The molecule has 0 bridgehead atoms. The van der Waals surface area contributed by atoms with Gasteiger partial charge in [-0.05, 0) is 83.6 Å². The van der Waals surface area contributed by atoms with Gasteiger partial charge in [-0.2, -0.15) is 8.78 Å². The van der Waals surface area contributed by atoms with Gasteiger partial charge >= 0.3 is 6.11 Å². The van der Waals surface area contributed by atoms with Crippen LogP contribution < -0.4 is 4.74 Å². The summed E-state index contributed by atoms with van der Waals surface area (Å²) in [7, 11) is 0. The molecule has 2 nitrogen and oxygen atoms in total. The van der Waals surface area contributed by atoms with E-state index in [9.17, 15) is 35.1 Å². The van der Waals surface area contributed by atoms with E-state index in [0.717, 1.165) is 66.8 Å². The largest absolute Gasteiger partial charge is 0.429 e. The van der Waals surface area contributed by atoms with Crippen LogP contribution >= 0.6 is 0 Å². The number of halogens is 8. The lowest BCUT2D eigenvalue weighted by Crippen LogP contribution is -2.21. The highest BCUT2D eigenvalue weighted by atomic mass is 19.3. The van der Waals surface area contributed by atoms with Crippen LogP contribution in [0.15, 0.2) is 91.1 Å². The zero-order chi connectivity index (χ0) is 33.7. The SMILES string of the molecule is CCCCCc1ccc(-c2ccc(-c3cc(F)c(C=CC(F)(F)Oc4ccc(-c5cc(F)c(F)c(F)c5)c(F)c4)c(F)c3)cc2)nc1. The molecule has 0 saturated carbocycles. The lowest BCUT2D eigenvalue weighted by atomic mass is 10.00. The van der Waals surface area contributed by atoms with Crippen molar-refractivity contribution in [2.45, 2.75) is 38.7 Å². The Balaban J connectivity index is 1.27. The van der Waals surface area contributed by atoms with Crippen LogP contribution in [-0.4, -0.2) is 11.1 Å². The molecule has 5 aromatic rings. The number of hydrogen-bond donors (Lipinski definition) is 0. The minimum Gasteiger partial charge on any atom is -0.429 e. The van der Waals surface area contributed by atoms with Crippen molar-refractivity contribution in [2.24, 2.45) is 0 Å². The molecule has 47 heavy (non-hydrogen) atoms. The van der Waals surface area contributed by atoms with E-state index in [-0.39, 0.29) is 17.2 Å². The highest BCUT2D eigenvalue weighted by Gasteiger charge is 2.29. The molecule has 0 unspecified atom stereocenters. The molecule has 0 N–H and O–H groups in total. The normalized spacial score (nSPS) is 11.8. The van der Waals surface area contributed by atoms with E-state index in [4.69, 9.17) is 0 Å². The highest BCUT2D eigenvalue weighted by Crippen LogP contribution is 2.32. The molecule has 0 fully saturated rings. The second kappa shape index (κ2) is 14.2. The van der Waals surface area contributed by atoms with Crippen LogP contribution in [0.1, 0.15) is 37.3 Å². The van der Waals surface area contributed by atoms with Crippen LogP contribution in [0.3, 0.4) is 0 Å². The number of aryl methyl sites for hydroxylation is 1. The number of unbranched alkanes of at least 4 members (excludes halogenated alkanes) is 2. The van der Waals surface area contributed by atoms with Crippen molar-refractivity contribution >= 4 is 6.08 Å². The van der Waals surface area contributed by atoms with Crippen molar-refractivity contribution in [3.05, 3.63) is 137 Å². The summed E-state index contributed by atoms with van der Waals surface area (Å²) in [4.78, 5) is 4.51. The number of pyridine rings is 1. The van der Waals surface area contributed by atoms with Crippen molar-refractivity contribution in [1.29, 1.82) is 0 Å². The van der Waals surface area contributed by atoms with Crippen LogP contribution in [0.5, 0.6) is 5.75 Å². The summed E-state index contributed by atoms with van der Waals surface area (Å²) in [5, 5.41) is 0. The third-order valence-corrected chi connectivity index (χ3v) is 7.42. The Morgan fingerprint density at radius 1 is 0.660 bits per heavy atom. The fourth-order valence-electron chi connectivity index (χ4n) is 4.94. The Labute approximate surface area is 266 Å². The van der Waals surface area contributed by atoms with Gasteiger partial charge in [0.1, 0.15) is 23.2 Å². The summed E-state index contributed by atoms with van der Waals surface area (Å²) in [5.41, 5.74) is 1.84. The van der Waals surface area contributed by atoms with E-state index in [0.29, 0.717) is 29.8 Å². The van der Waals surface area contributed by atoms with Gasteiger partial charge in [0.05, 0.1) is 5.69 Å². The molecule has 4 aromatic carbocycles. The summed E-state index contributed by atoms with van der Waals surface area (Å²) in [6.07, 6.45) is 2.63. The Hall–Kier alpha value is -4.99. The Morgan fingerprint density at radius 2 is 1.30 bits per heavy atom. The van der Waals surface area contributed by atoms with E-state index >= 15 is 0 Å². The van der Waals surface area contributed by atoms with E-state index in [1.165, 1.54) is 0 Å². The minimum atomic E-state index is -4.14. The van der Waals surface area contributed by atoms with Gasteiger partial charge in [-0.3, -0.25) is 4.98 Å². The van der Waals surface area contributed by atoms with Crippen molar-refractivity contribution in [1.82, 2.24) is 4.98 Å². The highest BCUT2D eigenvalue weighted by molar-refractivity contribution is 5.70. The average Bonchev–Trinajstić information content (AvgIpc) is 3.03. The number of rotatable bonds is 11. The number of nitrogens with zero attached hydrogens (tertiary/aromatic N) is 1. The predicted molar refractivity (Wildman–Crippen MR) is 165 cm³/mol. The quantitative estimate of drug-likeness (QED) is 0.0804. The third-order valence-electron chi connectivity index (χ3n) is 7.42. The molecule has 0 aliphatic carbocycles. The molecule has 0 amide bonds. The number of hydrogen-bond acceptors (Lipinski definition) is 2. The fourth-order valence-corrected chi connectivity index (χ4v) is 4.94. The second-order valence-electron chi connectivity index (χ2n) is 10.8. The van der Waals surface area contributed by atoms with Crippen molar-refractivity contribution in [3.8, 4) is 39.3 Å². The first-order chi connectivity index (χ1) is 22.4. The van der Waals surface area contributed by atoms with Crippen molar-refractivity contribution < 1.29 is 39.9 Å². The molecule has 242 valence electrons. The molecule has 0 saturated heterocycles. The van der Waals surface area contributed by atoms with Gasteiger partial charge < -0.3 is 4.74 Å². The van der Waals surface area contributed by atoms with Crippen LogP contribution in [0, 0.1) is 34.9 Å². The van der Waals surface area contributed by atoms with Gasteiger partial charge in [0.15, 0.2) is 17.5 Å². The van der Waals surface area contributed by atoms with Crippen molar-refractivity contribution in [2.75, 3.05) is 0 Å².